The van der Waals surface area contributed by atoms with Crippen molar-refractivity contribution in [3.63, 3.8) is 0 Å². The van der Waals surface area contributed by atoms with E-state index in [4.69, 9.17) is 5.73 Å². The minimum Gasteiger partial charge on any atom is -0.356 e. The second kappa shape index (κ2) is 17.3. The van der Waals surface area contributed by atoms with Crippen LogP contribution in [0, 0.1) is 0 Å². The number of nitrogens with zero attached hydrogens (tertiary/aromatic N) is 2. The van der Waals surface area contributed by atoms with Crippen LogP contribution in [0.2, 0.25) is 0 Å². The van der Waals surface area contributed by atoms with Crippen LogP contribution in [-0.2, 0) is 11.3 Å². The minimum atomic E-state index is 0. The van der Waals surface area contributed by atoms with Crippen LogP contribution < -0.4 is 11.1 Å². The number of nitrogens with two attached hydrogens (primary N) is 1. The van der Waals surface area contributed by atoms with E-state index in [0.717, 1.165) is 65.1 Å². The molecule has 1 amide bonds. The van der Waals surface area contributed by atoms with Gasteiger partial charge in [-0.2, -0.15) is 0 Å². The zero-order chi connectivity index (χ0) is 17.9. The van der Waals surface area contributed by atoms with Crippen LogP contribution in [0.3, 0.4) is 0 Å². The molecule has 1 atom stereocenters. The van der Waals surface area contributed by atoms with Gasteiger partial charge in [0.2, 0.25) is 5.91 Å². The van der Waals surface area contributed by atoms with Gasteiger partial charge in [0.25, 0.3) is 0 Å². The van der Waals surface area contributed by atoms with Crippen LogP contribution >= 0.6 is 37.2 Å². The van der Waals surface area contributed by atoms with Crippen molar-refractivity contribution in [2.75, 3.05) is 39.3 Å². The highest BCUT2D eigenvalue weighted by molar-refractivity contribution is 5.86. The van der Waals surface area contributed by atoms with E-state index in [0.29, 0.717) is 6.42 Å². The summed E-state index contributed by atoms with van der Waals surface area (Å²) in [5, 5.41) is 2.99. The molecule has 1 aliphatic heterocycles. The number of hydrogen-bond acceptors (Lipinski definition) is 4. The number of unbranched alkanes of at least 4 members (excludes halogenated alkanes) is 1. The smallest absolute Gasteiger partial charge is 0.220 e. The maximum atomic E-state index is 11.6. The first-order valence-corrected chi connectivity index (χ1v) is 9.64. The zero-order valence-corrected chi connectivity index (χ0v) is 19.3. The molecule has 0 bridgehead atoms. The second-order valence-corrected chi connectivity index (χ2v) is 7.18. The van der Waals surface area contributed by atoms with E-state index in [9.17, 15) is 4.79 Å². The lowest BCUT2D eigenvalue weighted by atomic mass is 10.2. The monoisotopic (exact) mass is 454 g/mol. The summed E-state index contributed by atoms with van der Waals surface area (Å²) in [5.74, 6) is 0.131. The summed E-state index contributed by atoms with van der Waals surface area (Å²) >= 11 is 0. The minimum absolute atomic E-state index is 0. The summed E-state index contributed by atoms with van der Waals surface area (Å²) in [6.45, 7) is 9.49. The molecule has 0 spiro atoms. The average Bonchev–Trinajstić information content (AvgIpc) is 2.62. The van der Waals surface area contributed by atoms with Gasteiger partial charge in [0, 0.05) is 51.7 Å². The van der Waals surface area contributed by atoms with Gasteiger partial charge >= 0.3 is 0 Å². The molecular formula is C20H37Cl3N4O. The molecule has 0 saturated carbocycles. The lowest BCUT2D eigenvalue weighted by molar-refractivity contribution is -0.121. The van der Waals surface area contributed by atoms with Crippen molar-refractivity contribution in [3.8, 4) is 0 Å². The van der Waals surface area contributed by atoms with Gasteiger partial charge in [-0.15, -0.1) is 37.2 Å². The molecule has 0 aliphatic carbocycles. The Labute approximate surface area is 189 Å². The number of piperazine rings is 1. The van der Waals surface area contributed by atoms with Gasteiger partial charge in [-0.05, 0) is 38.3 Å². The predicted octanol–water partition coefficient (Wildman–Crippen LogP) is 3.09. The number of hydrogen-bond donors (Lipinski definition) is 2. The number of carbonyl (C=O) groups is 1. The summed E-state index contributed by atoms with van der Waals surface area (Å²) in [6, 6.07) is 10.8. The standard InChI is InChI=1S/C20H34N4O.3ClH/c1-18(21)9-10-20(25)22-11-5-6-12-23-13-15-24(16-14-23)17-19-7-3-2-4-8-19;;;/h2-4,7-8,18H,5-6,9-17,21H2,1H3,(H,22,25);3*1H. The molecule has 5 nitrogen and oxygen atoms in total. The number of halogens is 3. The Morgan fingerprint density at radius 3 is 2.25 bits per heavy atom. The maximum absolute atomic E-state index is 11.6. The lowest BCUT2D eigenvalue weighted by Crippen LogP contribution is -2.46. The first kappa shape index (κ1) is 29.6. The normalized spacial score (nSPS) is 15.5. The highest BCUT2D eigenvalue weighted by Gasteiger charge is 2.16. The summed E-state index contributed by atoms with van der Waals surface area (Å²) in [7, 11) is 0. The third-order valence-electron chi connectivity index (χ3n) is 4.76. The number of benzene rings is 1. The zero-order valence-electron chi connectivity index (χ0n) is 16.8. The molecule has 0 radical (unpaired) electrons. The predicted molar refractivity (Wildman–Crippen MR) is 125 cm³/mol. The Balaban J connectivity index is 0. The second-order valence-electron chi connectivity index (χ2n) is 7.18. The van der Waals surface area contributed by atoms with Crippen molar-refractivity contribution in [2.45, 2.75) is 45.2 Å². The molecule has 28 heavy (non-hydrogen) atoms. The van der Waals surface area contributed by atoms with Crippen molar-refractivity contribution in [2.24, 2.45) is 5.73 Å². The SMILES string of the molecule is CC(N)CCC(=O)NCCCCN1CCN(Cc2ccccc2)CC1.Cl.Cl.Cl. The quantitative estimate of drug-likeness (QED) is 0.532. The van der Waals surface area contributed by atoms with E-state index in [2.05, 4.69) is 45.4 Å². The molecule has 1 aliphatic rings. The maximum Gasteiger partial charge on any atom is 0.220 e. The van der Waals surface area contributed by atoms with Gasteiger partial charge in [0.15, 0.2) is 0 Å². The van der Waals surface area contributed by atoms with Crippen molar-refractivity contribution in [1.82, 2.24) is 15.1 Å². The molecular weight excluding hydrogens is 419 g/mol. The Kier molecular flexibility index (Phi) is 18.3. The number of amides is 1. The van der Waals surface area contributed by atoms with Gasteiger partial charge < -0.3 is 16.0 Å². The first-order chi connectivity index (χ1) is 12.1. The van der Waals surface area contributed by atoms with E-state index in [1.807, 2.05) is 6.92 Å². The van der Waals surface area contributed by atoms with Crippen LogP contribution in [0.25, 0.3) is 0 Å². The molecule has 8 heteroatoms. The summed E-state index contributed by atoms with van der Waals surface area (Å²) in [5.41, 5.74) is 7.06. The molecule has 1 unspecified atom stereocenters. The third-order valence-corrected chi connectivity index (χ3v) is 4.76. The van der Waals surface area contributed by atoms with Gasteiger partial charge in [0.1, 0.15) is 0 Å². The van der Waals surface area contributed by atoms with E-state index in [-0.39, 0.29) is 49.2 Å². The fourth-order valence-electron chi connectivity index (χ4n) is 3.15. The van der Waals surface area contributed by atoms with Crippen molar-refractivity contribution in [1.29, 1.82) is 0 Å². The highest BCUT2D eigenvalue weighted by atomic mass is 35.5. The van der Waals surface area contributed by atoms with Crippen molar-refractivity contribution in [3.05, 3.63) is 35.9 Å². The van der Waals surface area contributed by atoms with Gasteiger partial charge in [-0.1, -0.05) is 30.3 Å². The fourth-order valence-corrected chi connectivity index (χ4v) is 3.15. The molecule has 2 rings (SSSR count). The third kappa shape index (κ3) is 12.8. The Hall–Kier alpha value is -0.560. The molecule has 3 N–H and O–H groups in total. The molecule has 1 aromatic rings. The van der Waals surface area contributed by atoms with Crippen LogP contribution in [-0.4, -0.2) is 61.0 Å². The largest absolute Gasteiger partial charge is 0.356 e. The number of rotatable bonds is 10. The van der Waals surface area contributed by atoms with Gasteiger partial charge in [-0.3, -0.25) is 9.69 Å². The highest BCUT2D eigenvalue weighted by Crippen LogP contribution is 2.09. The van der Waals surface area contributed by atoms with E-state index >= 15 is 0 Å². The number of nitrogens with one attached hydrogen (secondary N) is 1. The van der Waals surface area contributed by atoms with E-state index in [1.165, 1.54) is 5.56 Å². The summed E-state index contributed by atoms with van der Waals surface area (Å²) in [6.07, 6.45) is 3.50. The molecule has 0 aromatic heterocycles. The van der Waals surface area contributed by atoms with Crippen molar-refractivity contribution >= 4 is 43.1 Å². The number of carbonyl (C=O) groups excluding carboxylic acids is 1. The Bertz CT molecular complexity index is 497. The van der Waals surface area contributed by atoms with Crippen LogP contribution in [0.5, 0.6) is 0 Å². The van der Waals surface area contributed by atoms with E-state index < -0.39 is 0 Å². The molecule has 1 heterocycles. The van der Waals surface area contributed by atoms with Gasteiger partial charge in [-0.25, -0.2) is 0 Å². The molecule has 164 valence electrons. The van der Waals surface area contributed by atoms with Crippen LogP contribution in [0.1, 0.15) is 38.2 Å². The first-order valence-electron chi connectivity index (χ1n) is 9.64. The fraction of sp³-hybridized carbons (Fsp3) is 0.650. The summed E-state index contributed by atoms with van der Waals surface area (Å²) in [4.78, 5) is 16.7. The lowest BCUT2D eigenvalue weighted by Gasteiger charge is -2.34. The van der Waals surface area contributed by atoms with Crippen LogP contribution in [0.4, 0.5) is 0 Å². The molecule has 1 saturated heterocycles. The van der Waals surface area contributed by atoms with Gasteiger partial charge in [0.05, 0.1) is 0 Å². The Morgan fingerprint density at radius 1 is 1.04 bits per heavy atom. The average molecular weight is 456 g/mol. The molecule has 1 aromatic carbocycles. The Morgan fingerprint density at radius 2 is 1.64 bits per heavy atom. The summed E-state index contributed by atoms with van der Waals surface area (Å²) < 4.78 is 0. The molecule has 1 fully saturated rings. The van der Waals surface area contributed by atoms with E-state index in [1.54, 1.807) is 0 Å². The van der Waals surface area contributed by atoms with Crippen molar-refractivity contribution < 1.29 is 4.79 Å². The topological polar surface area (TPSA) is 61.6 Å². The van der Waals surface area contributed by atoms with Crippen LogP contribution in [0.15, 0.2) is 30.3 Å².